The number of benzene rings is 1. The predicted molar refractivity (Wildman–Crippen MR) is 241 cm³/mol. The molecule has 63 heavy (non-hydrogen) atoms. The van der Waals surface area contributed by atoms with Crippen molar-refractivity contribution in [2.45, 2.75) is 130 Å². The number of anilines is 1. The zero-order valence-corrected chi connectivity index (χ0v) is 40.0. The maximum atomic E-state index is 14.3. The van der Waals surface area contributed by atoms with Crippen molar-refractivity contribution < 1.29 is 57.5 Å². The Morgan fingerprint density at radius 2 is 1.78 bits per heavy atom. The van der Waals surface area contributed by atoms with Crippen LogP contribution in [0.1, 0.15) is 120 Å². The van der Waals surface area contributed by atoms with Crippen molar-refractivity contribution in [2.75, 3.05) is 31.7 Å². The summed E-state index contributed by atoms with van der Waals surface area (Å²) in [6.45, 7) is 11.3. The second-order valence-electron chi connectivity index (χ2n) is 16.7. The number of carbonyl (C=O) groups is 6. The van der Waals surface area contributed by atoms with Crippen LogP contribution in [0.15, 0.2) is 23.6 Å². The number of thiol groups is 1. The van der Waals surface area contributed by atoms with E-state index in [-0.39, 0.29) is 72.5 Å². The van der Waals surface area contributed by atoms with Gasteiger partial charge in [-0.3, -0.25) is 43.5 Å². The molecule has 1 saturated heterocycles. The molecule has 7 atom stereocenters. The average Bonchev–Trinajstić information content (AvgIpc) is 3.71. The Balaban J connectivity index is 1.88. The lowest BCUT2D eigenvalue weighted by molar-refractivity contribution is -0.149. The lowest BCUT2D eigenvalue weighted by Crippen LogP contribution is -2.58. The van der Waals surface area contributed by atoms with E-state index < -0.39 is 61.7 Å². The van der Waals surface area contributed by atoms with Gasteiger partial charge in [0.2, 0.25) is 17.7 Å². The summed E-state index contributed by atoms with van der Waals surface area (Å²) in [4.78, 5) is 106. The topological polar surface area (TPSA) is 254 Å². The zero-order chi connectivity index (χ0) is 47.2. The number of piperidine rings is 1. The Kier molecular flexibility index (Phi) is 21.0. The highest BCUT2D eigenvalue weighted by Gasteiger charge is 2.37. The van der Waals surface area contributed by atoms with Gasteiger partial charge in [0, 0.05) is 44.3 Å². The number of amides is 4. The molecule has 0 spiro atoms. The number of likely N-dealkylation sites (N-methyl/N-ethyl adjacent to an activating group) is 2. The van der Waals surface area contributed by atoms with Crippen molar-refractivity contribution in [3.8, 4) is 5.75 Å². The maximum Gasteiger partial charge on any atom is 0.524 e. The number of likely N-dealkylation sites (tertiary alicyclic amines) is 1. The summed E-state index contributed by atoms with van der Waals surface area (Å²) in [6.07, 6.45) is 3.00. The number of rotatable bonds is 24. The number of carboxylic acids is 1. The van der Waals surface area contributed by atoms with E-state index in [4.69, 9.17) is 9.26 Å². The summed E-state index contributed by atoms with van der Waals surface area (Å²) >= 11 is 5.19. The highest BCUT2D eigenvalue weighted by atomic mass is 32.1. The number of aromatic nitrogens is 1. The monoisotopic (exact) mass is 940 g/mol. The van der Waals surface area contributed by atoms with Gasteiger partial charge in [0.05, 0.1) is 17.6 Å². The third-order valence-corrected chi connectivity index (χ3v) is 12.9. The summed E-state index contributed by atoms with van der Waals surface area (Å²) in [5, 5.41) is 20.0. The number of carboxylic acid groups (broad SMARTS) is 1. The molecule has 1 aromatic heterocycles. The number of carbonyl (C=O) groups excluding carboxylic acids is 5. The van der Waals surface area contributed by atoms with Gasteiger partial charge in [0.25, 0.3) is 5.91 Å². The van der Waals surface area contributed by atoms with Gasteiger partial charge in [-0.05, 0) is 81.0 Å². The van der Waals surface area contributed by atoms with Gasteiger partial charge in [0.15, 0.2) is 11.9 Å². The minimum atomic E-state index is -5.01. The quantitative estimate of drug-likeness (QED) is 0.0406. The first-order valence-corrected chi connectivity index (χ1v) is 24.3. The molecule has 0 saturated carbocycles. The summed E-state index contributed by atoms with van der Waals surface area (Å²) in [5.74, 6) is -4.32. The van der Waals surface area contributed by atoms with Gasteiger partial charge < -0.3 is 35.2 Å². The van der Waals surface area contributed by atoms with Gasteiger partial charge in [0.1, 0.15) is 16.7 Å². The zero-order valence-electron chi connectivity index (χ0n) is 37.4. The highest BCUT2D eigenvalue weighted by Crippen LogP contribution is 2.41. The first-order valence-electron chi connectivity index (χ1n) is 21.3. The molecule has 6 N–H and O–H groups in total. The molecular formula is C42H65N6O12PS2. The molecule has 1 aromatic carbocycles. The van der Waals surface area contributed by atoms with Crippen LogP contribution < -0.4 is 20.5 Å². The van der Waals surface area contributed by atoms with Crippen LogP contribution in [0.3, 0.4) is 0 Å². The summed E-state index contributed by atoms with van der Waals surface area (Å²) in [6, 6.07) is 1.77. The lowest BCUT2D eigenvalue weighted by Gasteiger charge is -2.38. The minimum absolute atomic E-state index is 0.0234. The fourth-order valence-corrected chi connectivity index (χ4v) is 8.90. The number of hydrogen-bond donors (Lipinski definition) is 7. The van der Waals surface area contributed by atoms with E-state index in [1.54, 1.807) is 11.9 Å². The molecule has 0 aliphatic carbocycles. The van der Waals surface area contributed by atoms with E-state index in [0.29, 0.717) is 35.6 Å². The first kappa shape index (κ1) is 53.3. The number of aliphatic carboxylic acids is 1. The van der Waals surface area contributed by atoms with Crippen molar-refractivity contribution in [1.82, 2.24) is 25.4 Å². The Labute approximate surface area is 379 Å². The predicted octanol–water partition coefficient (Wildman–Crippen LogP) is 5.21. The molecule has 3 rings (SSSR count). The largest absolute Gasteiger partial charge is 0.524 e. The fourth-order valence-electron chi connectivity index (χ4n) is 7.48. The average molecular weight is 941 g/mol. The van der Waals surface area contributed by atoms with Crippen LogP contribution in [-0.2, 0) is 39.7 Å². The number of phosphoric acid groups is 1. The van der Waals surface area contributed by atoms with Crippen LogP contribution in [0.4, 0.5) is 5.69 Å². The number of nitrogens with one attached hydrogen (secondary N) is 3. The molecule has 2 unspecified atom stereocenters. The van der Waals surface area contributed by atoms with E-state index in [1.165, 1.54) is 37.4 Å². The van der Waals surface area contributed by atoms with Crippen LogP contribution in [0.5, 0.6) is 5.75 Å². The molecular weight excluding hydrogens is 876 g/mol. The number of ether oxygens (including phenoxy) is 1. The van der Waals surface area contributed by atoms with Gasteiger partial charge in [-0.1, -0.05) is 53.5 Å². The third-order valence-electron chi connectivity index (χ3n) is 11.2. The number of thiazole rings is 1. The highest BCUT2D eigenvalue weighted by molar-refractivity contribution is 7.80. The van der Waals surface area contributed by atoms with Crippen LogP contribution in [-0.4, -0.2) is 116 Å². The number of hydrogen-bond acceptors (Lipinski definition) is 13. The van der Waals surface area contributed by atoms with Gasteiger partial charge in [-0.2, -0.15) is 12.6 Å². The molecule has 18 nitrogen and oxygen atoms in total. The number of nitrogens with zero attached hydrogens (tertiary/aromatic N) is 3. The molecule has 2 heterocycles. The van der Waals surface area contributed by atoms with E-state index in [1.807, 2.05) is 39.6 Å². The Bertz CT molecular complexity index is 1950. The van der Waals surface area contributed by atoms with Crippen molar-refractivity contribution in [1.29, 1.82) is 0 Å². The molecule has 21 heteroatoms. The Morgan fingerprint density at radius 3 is 2.37 bits per heavy atom. The summed E-state index contributed by atoms with van der Waals surface area (Å²) < 4.78 is 22.3. The summed E-state index contributed by atoms with van der Waals surface area (Å²) in [5.41, 5.74) is 0.418. The third kappa shape index (κ3) is 16.8. The second kappa shape index (κ2) is 24.8. The molecule has 1 aliphatic rings. The number of esters is 1. The lowest BCUT2D eigenvalue weighted by atomic mass is 9.92. The van der Waals surface area contributed by atoms with Crippen molar-refractivity contribution >= 4 is 73.0 Å². The van der Waals surface area contributed by atoms with Crippen LogP contribution in [0.2, 0.25) is 0 Å². The van der Waals surface area contributed by atoms with E-state index in [9.17, 15) is 48.2 Å². The standard InChI is InChI=1S/C42H65N6O12PS2/c1-9-25(4)37(46-39(52)32-13-10-11-17-47(32)7)41(53)48(8)33(24(2)3)22-35(59-27(6)49)40-45-31(23-63-40)38(51)43-29(19-26(5)42(54)55)20-28-15-16-34(60-61(56,57)58)30(21-28)44-36(50)14-12-18-62/h15-16,21,23-26,29,32-33,35,37,62H,9-14,17-20,22H2,1-8H3,(H,43,51)(H,44,50)(H,46,52)(H,54,55)(H2,56,57,58)/t25-,26?,29+,32+,33+,35+,37?/m0/s1. The second-order valence-corrected chi connectivity index (χ2v) is 19.2. The van der Waals surface area contributed by atoms with Crippen LogP contribution in [0, 0.1) is 17.8 Å². The maximum absolute atomic E-state index is 14.3. The van der Waals surface area contributed by atoms with Crippen LogP contribution in [0.25, 0.3) is 0 Å². The van der Waals surface area contributed by atoms with E-state index >= 15 is 0 Å². The SMILES string of the molecule is CC[C@H](C)C(NC(=O)[C@H]1CCCCN1C)C(=O)N(C)[C@H](C[C@@H](OC(C)=O)c1nc(C(=O)N[C@@H](Cc2ccc(OP(=O)(O)O)c(NC(=O)CCCS)c2)CC(C)C(=O)O)cs1)C(C)C. The number of phosphoric ester groups is 1. The first-order chi connectivity index (χ1) is 29.5. The molecule has 4 amide bonds. The van der Waals surface area contributed by atoms with E-state index in [2.05, 4.69) is 33.6 Å². The van der Waals surface area contributed by atoms with Gasteiger partial charge in [-0.25, -0.2) is 9.55 Å². The van der Waals surface area contributed by atoms with Crippen LogP contribution >= 0.6 is 31.8 Å². The van der Waals surface area contributed by atoms with Crippen molar-refractivity contribution in [2.24, 2.45) is 17.8 Å². The summed E-state index contributed by atoms with van der Waals surface area (Å²) in [7, 11) is -1.43. The van der Waals surface area contributed by atoms with E-state index in [0.717, 1.165) is 30.7 Å². The normalized spacial score (nSPS) is 17.4. The molecule has 0 radical (unpaired) electrons. The minimum Gasteiger partial charge on any atom is -0.481 e. The Morgan fingerprint density at radius 1 is 1.08 bits per heavy atom. The van der Waals surface area contributed by atoms with Crippen molar-refractivity contribution in [3.63, 3.8) is 0 Å². The van der Waals surface area contributed by atoms with Crippen molar-refractivity contribution in [3.05, 3.63) is 39.8 Å². The molecule has 2 aromatic rings. The van der Waals surface area contributed by atoms with Gasteiger partial charge >= 0.3 is 19.8 Å². The molecule has 1 fully saturated rings. The fraction of sp³-hybridized carbons (Fsp3) is 0.643. The molecule has 352 valence electrons. The Hall–Kier alpha value is -4.07. The van der Waals surface area contributed by atoms with Gasteiger partial charge in [-0.15, -0.1) is 11.3 Å². The molecule has 1 aliphatic heterocycles. The smallest absolute Gasteiger partial charge is 0.481 e. The molecule has 0 bridgehead atoms.